The number of benzene rings is 3. The highest BCUT2D eigenvalue weighted by Crippen LogP contribution is 2.18. The standard InChI is InChI=1S/C24H24N2O4/c27-23(25-22-10-9-19-3-1-2-4-21(19)15-22)17-30-24(28)20-7-5-18(6-8-20)16-26-11-13-29-14-12-26/h1-10,15H,11-14,16-17H2,(H,25,27)/p+1. The lowest BCUT2D eigenvalue weighted by Gasteiger charge is -2.23. The van der Waals surface area contributed by atoms with E-state index in [1.807, 2.05) is 54.6 Å². The molecule has 6 nitrogen and oxygen atoms in total. The van der Waals surface area contributed by atoms with Crippen LogP contribution in [0.25, 0.3) is 10.8 Å². The summed E-state index contributed by atoms with van der Waals surface area (Å²) in [4.78, 5) is 25.9. The first-order valence-corrected chi connectivity index (χ1v) is 10.1. The van der Waals surface area contributed by atoms with Crippen molar-refractivity contribution < 1.29 is 24.0 Å². The summed E-state index contributed by atoms with van der Waals surface area (Å²) in [6, 6.07) is 20.9. The van der Waals surface area contributed by atoms with Crippen molar-refractivity contribution in [2.24, 2.45) is 0 Å². The van der Waals surface area contributed by atoms with Gasteiger partial charge in [0.15, 0.2) is 6.61 Å². The summed E-state index contributed by atoms with van der Waals surface area (Å²) < 4.78 is 10.5. The Hall–Kier alpha value is -3.22. The fourth-order valence-electron chi connectivity index (χ4n) is 3.56. The van der Waals surface area contributed by atoms with Gasteiger partial charge in [0.25, 0.3) is 5.91 Å². The van der Waals surface area contributed by atoms with Crippen molar-refractivity contribution in [3.05, 3.63) is 77.9 Å². The Morgan fingerprint density at radius 1 is 0.933 bits per heavy atom. The van der Waals surface area contributed by atoms with Crippen LogP contribution in [0.3, 0.4) is 0 Å². The minimum Gasteiger partial charge on any atom is -0.452 e. The first-order chi connectivity index (χ1) is 14.7. The molecule has 2 N–H and O–H groups in total. The van der Waals surface area contributed by atoms with Crippen LogP contribution in [0.5, 0.6) is 0 Å². The van der Waals surface area contributed by atoms with Crippen LogP contribution in [0.2, 0.25) is 0 Å². The molecule has 0 spiro atoms. The Balaban J connectivity index is 1.27. The number of hydrogen-bond acceptors (Lipinski definition) is 4. The molecule has 1 aliphatic heterocycles. The molecule has 0 bridgehead atoms. The molecular formula is C24H25N2O4+. The largest absolute Gasteiger partial charge is 0.452 e. The summed E-state index contributed by atoms with van der Waals surface area (Å²) >= 11 is 0. The minimum atomic E-state index is -0.506. The lowest BCUT2D eigenvalue weighted by Crippen LogP contribution is -3.12. The van der Waals surface area contributed by atoms with Gasteiger partial charge in [0.1, 0.15) is 19.6 Å². The number of quaternary nitrogens is 1. The van der Waals surface area contributed by atoms with Gasteiger partial charge in [-0.05, 0) is 35.0 Å². The molecule has 3 aromatic carbocycles. The zero-order valence-corrected chi connectivity index (χ0v) is 16.7. The van der Waals surface area contributed by atoms with E-state index in [0.717, 1.165) is 49.2 Å². The van der Waals surface area contributed by atoms with Crippen LogP contribution >= 0.6 is 0 Å². The zero-order chi connectivity index (χ0) is 20.8. The number of fused-ring (bicyclic) bond motifs is 1. The topological polar surface area (TPSA) is 69.1 Å². The maximum Gasteiger partial charge on any atom is 0.338 e. The molecule has 154 valence electrons. The SMILES string of the molecule is O=C(COC(=O)c1ccc(C[NH+]2CCOCC2)cc1)Nc1ccc2ccccc2c1. The smallest absolute Gasteiger partial charge is 0.338 e. The van der Waals surface area contributed by atoms with Crippen LogP contribution < -0.4 is 10.2 Å². The predicted molar refractivity (Wildman–Crippen MR) is 115 cm³/mol. The molecule has 0 aliphatic carbocycles. The van der Waals surface area contributed by atoms with Gasteiger partial charge in [-0.25, -0.2) is 4.79 Å². The molecule has 3 aromatic rings. The summed E-state index contributed by atoms with van der Waals surface area (Å²) in [5.41, 5.74) is 2.27. The van der Waals surface area contributed by atoms with E-state index in [4.69, 9.17) is 9.47 Å². The van der Waals surface area contributed by atoms with Crippen molar-refractivity contribution in [3.63, 3.8) is 0 Å². The third-order valence-electron chi connectivity index (χ3n) is 5.21. The van der Waals surface area contributed by atoms with Crippen LogP contribution in [0.1, 0.15) is 15.9 Å². The molecule has 4 rings (SSSR count). The van der Waals surface area contributed by atoms with Crippen LogP contribution in [0.4, 0.5) is 5.69 Å². The average molecular weight is 405 g/mol. The first-order valence-electron chi connectivity index (χ1n) is 10.1. The predicted octanol–water partition coefficient (Wildman–Crippen LogP) is 2.05. The number of anilines is 1. The highest BCUT2D eigenvalue weighted by atomic mass is 16.5. The summed E-state index contributed by atoms with van der Waals surface area (Å²) in [6.07, 6.45) is 0. The van der Waals surface area contributed by atoms with Crippen molar-refractivity contribution in [3.8, 4) is 0 Å². The Labute approximate surface area is 175 Å². The molecule has 30 heavy (non-hydrogen) atoms. The summed E-state index contributed by atoms with van der Waals surface area (Å²) in [6.45, 7) is 4.16. The number of carbonyl (C=O) groups is 2. The van der Waals surface area contributed by atoms with Crippen LogP contribution in [0, 0.1) is 0 Å². The van der Waals surface area contributed by atoms with Crippen molar-refractivity contribution >= 4 is 28.3 Å². The number of carbonyl (C=O) groups excluding carboxylic acids is 2. The second kappa shape index (κ2) is 9.52. The van der Waals surface area contributed by atoms with E-state index in [1.165, 1.54) is 4.90 Å². The van der Waals surface area contributed by atoms with Crippen molar-refractivity contribution in [2.75, 3.05) is 38.2 Å². The Morgan fingerprint density at radius 2 is 1.67 bits per heavy atom. The van der Waals surface area contributed by atoms with Crippen LogP contribution in [0.15, 0.2) is 66.7 Å². The van der Waals surface area contributed by atoms with Gasteiger partial charge in [-0.1, -0.05) is 42.5 Å². The number of esters is 1. The molecule has 1 fully saturated rings. The van der Waals surface area contributed by atoms with E-state index in [1.54, 1.807) is 12.1 Å². The number of ether oxygens (including phenoxy) is 2. The molecule has 0 aromatic heterocycles. The monoisotopic (exact) mass is 405 g/mol. The van der Waals surface area contributed by atoms with Crippen molar-refractivity contribution in [1.29, 1.82) is 0 Å². The zero-order valence-electron chi connectivity index (χ0n) is 16.7. The van der Waals surface area contributed by atoms with E-state index in [9.17, 15) is 9.59 Å². The summed E-state index contributed by atoms with van der Waals surface area (Å²) in [5.74, 6) is -0.875. The van der Waals surface area contributed by atoms with Crippen molar-refractivity contribution in [2.45, 2.75) is 6.54 Å². The maximum atomic E-state index is 12.3. The van der Waals surface area contributed by atoms with Gasteiger partial charge >= 0.3 is 5.97 Å². The number of amides is 1. The fourth-order valence-corrected chi connectivity index (χ4v) is 3.56. The lowest BCUT2D eigenvalue weighted by atomic mass is 10.1. The molecule has 0 saturated carbocycles. The second-order valence-electron chi connectivity index (χ2n) is 7.42. The highest BCUT2D eigenvalue weighted by molar-refractivity contribution is 5.97. The fraction of sp³-hybridized carbons (Fsp3) is 0.250. The normalized spacial score (nSPS) is 14.4. The van der Waals surface area contributed by atoms with Gasteiger partial charge in [-0.3, -0.25) is 4.79 Å². The first kappa shape index (κ1) is 20.1. The molecule has 0 atom stereocenters. The number of morpholine rings is 1. The molecule has 1 amide bonds. The number of rotatable bonds is 6. The molecule has 1 aliphatic rings. The molecule has 1 heterocycles. The van der Waals surface area contributed by atoms with Crippen LogP contribution in [-0.4, -0.2) is 44.8 Å². The van der Waals surface area contributed by atoms with E-state index < -0.39 is 5.97 Å². The second-order valence-corrected chi connectivity index (χ2v) is 7.42. The lowest BCUT2D eigenvalue weighted by molar-refractivity contribution is -0.921. The minimum absolute atomic E-state index is 0.328. The molecule has 0 unspecified atom stereocenters. The Morgan fingerprint density at radius 3 is 2.43 bits per heavy atom. The van der Waals surface area contributed by atoms with Gasteiger partial charge in [0.2, 0.25) is 0 Å². The number of nitrogens with one attached hydrogen (secondary N) is 2. The van der Waals surface area contributed by atoms with Gasteiger partial charge in [0.05, 0.1) is 18.8 Å². The Kier molecular flexibility index (Phi) is 6.37. The highest BCUT2D eigenvalue weighted by Gasteiger charge is 2.15. The maximum absolute atomic E-state index is 12.3. The molecular weight excluding hydrogens is 380 g/mol. The van der Waals surface area contributed by atoms with E-state index in [0.29, 0.717) is 11.3 Å². The third kappa shape index (κ3) is 5.23. The van der Waals surface area contributed by atoms with Gasteiger partial charge in [0, 0.05) is 11.3 Å². The van der Waals surface area contributed by atoms with E-state index in [2.05, 4.69) is 5.32 Å². The quantitative estimate of drug-likeness (QED) is 0.616. The molecule has 0 radical (unpaired) electrons. The van der Waals surface area contributed by atoms with Crippen LogP contribution in [-0.2, 0) is 20.8 Å². The van der Waals surface area contributed by atoms with E-state index >= 15 is 0 Å². The molecule has 1 saturated heterocycles. The third-order valence-corrected chi connectivity index (χ3v) is 5.21. The summed E-state index contributed by atoms with van der Waals surface area (Å²) in [5, 5.41) is 4.90. The van der Waals surface area contributed by atoms with Gasteiger partial charge in [-0.15, -0.1) is 0 Å². The molecule has 6 heteroatoms. The Bertz CT molecular complexity index is 1030. The van der Waals surface area contributed by atoms with Gasteiger partial charge in [-0.2, -0.15) is 0 Å². The number of hydrogen-bond donors (Lipinski definition) is 2. The van der Waals surface area contributed by atoms with Crippen molar-refractivity contribution in [1.82, 2.24) is 0 Å². The van der Waals surface area contributed by atoms with E-state index in [-0.39, 0.29) is 12.5 Å². The summed E-state index contributed by atoms with van der Waals surface area (Å²) in [7, 11) is 0. The van der Waals surface area contributed by atoms with Gasteiger partial charge < -0.3 is 19.7 Å². The average Bonchev–Trinajstić information content (AvgIpc) is 2.78.